The van der Waals surface area contributed by atoms with Crippen LogP contribution in [0.1, 0.15) is 69.8 Å². The number of aromatic amines is 1. The summed E-state index contributed by atoms with van der Waals surface area (Å²) in [6.07, 6.45) is 10.1. The Bertz CT molecular complexity index is 512. The molecule has 1 N–H and O–H groups in total. The highest BCUT2D eigenvalue weighted by Gasteiger charge is 2.41. The smallest absolute Gasteiger partial charge is 0.0289 e. The predicted octanol–water partition coefficient (Wildman–Crippen LogP) is 5.61. The molecule has 1 spiro atoms. The summed E-state index contributed by atoms with van der Waals surface area (Å²) in [5.74, 6) is 0. The third kappa shape index (κ3) is 2.77. The minimum atomic E-state index is 0.367. The number of nitrogens with one attached hydrogen (secondary N) is 1. The summed E-state index contributed by atoms with van der Waals surface area (Å²) >= 11 is 0. The van der Waals surface area contributed by atoms with E-state index < -0.39 is 0 Å². The van der Waals surface area contributed by atoms with Crippen LogP contribution in [-0.2, 0) is 11.8 Å². The van der Waals surface area contributed by atoms with Crippen LogP contribution < -0.4 is 0 Å². The van der Waals surface area contributed by atoms with Crippen LogP contribution in [0.15, 0.2) is 29.9 Å². The van der Waals surface area contributed by atoms with Crippen molar-refractivity contribution in [3.8, 4) is 0 Å². The summed E-state index contributed by atoms with van der Waals surface area (Å²) in [6, 6.07) is 2.35. The number of aryl methyl sites for hydroxylation is 1. The number of H-pyrrole nitrogens is 1. The first kappa shape index (κ1) is 15.2. The number of allylic oxidation sites excluding steroid dienone is 3. The van der Waals surface area contributed by atoms with E-state index >= 15 is 0 Å². The summed E-state index contributed by atoms with van der Waals surface area (Å²) < 4.78 is 0. The van der Waals surface area contributed by atoms with Gasteiger partial charge in [0.05, 0.1) is 0 Å². The Kier molecular flexibility index (Phi) is 4.57. The van der Waals surface area contributed by atoms with Crippen molar-refractivity contribution in [2.45, 2.75) is 71.6 Å². The lowest BCUT2D eigenvalue weighted by molar-refractivity contribution is 0.298. The number of hydrogen-bond acceptors (Lipinski definition) is 0. The van der Waals surface area contributed by atoms with Crippen LogP contribution in [0, 0.1) is 6.92 Å². The maximum absolute atomic E-state index is 4.03. The Morgan fingerprint density at radius 3 is 2.60 bits per heavy atom. The Morgan fingerprint density at radius 1 is 1.35 bits per heavy atom. The van der Waals surface area contributed by atoms with Gasteiger partial charge >= 0.3 is 0 Å². The lowest BCUT2D eigenvalue weighted by atomic mass is 9.62. The molecule has 3 rings (SSSR count). The van der Waals surface area contributed by atoms with E-state index in [9.17, 15) is 0 Å². The fourth-order valence-electron chi connectivity index (χ4n) is 3.48. The molecule has 1 heterocycles. The molecule has 1 heteroatoms. The van der Waals surface area contributed by atoms with E-state index in [1.54, 1.807) is 11.1 Å². The molecule has 2 aliphatic carbocycles. The van der Waals surface area contributed by atoms with Crippen LogP contribution in [0.25, 0.3) is 0 Å². The van der Waals surface area contributed by atoms with Gasteiger partial charge < -0.3 is 4.98 Å². The van der Waals surface area contributed by atoms with Gasteiger partial charge in [0, 0.05) is 16.8 Å². The lowest BCUT2D eigenvalue weighted by Crippen LogP contribution is -2.36. The van der Waals surface area contributed by atoms with Gasteiger partial charge in [-0.25, -0.2) is 0 Å². The molecule has 1 saturated carbocycles. The molecule has 0 atom stereocenters. The fourth-order valence-corrected chi connectivity index (χ4v) is 3.48. The van der Waals surface area contributed by atoms with Crippen molar-refractivity contribution in [1.82, 2.24) is 4.98 Å². The zero-order valence-corrected chi connectivity index (χ0v) is 13.6. The Balaban J connectivity index is 0.000000704. The van der Waals surface area contributed by atoms with Crippen LogP contribution >= 0.6 is 0 Å². The number of aromatic nitrogens is 1. The van der Waals surface area contributed by atoms with Crippen molar-refractivity contribution in [3.63, 3.8) is 0 Å². The first-order valence-electron chi connectivity index (χ1n) is 8.13. The normalized spacial score (nSPS) is 18.5. The Labute approximate surface area is 124 Å². The van der Waals surface area contributed by atoms with Crippen molar-refractivity contribution >= 4 is 0 Å². The molecule has 2 aliphatic rings. The summed E-state index contributed by atoms with van der Waals surface area (Å²) in [5, 5.41) is 0. The molecule has 1 aromatic rings. The van der Waals surface area contributed by atoms with E-state index in [-0.39, 0.29) is 0 Å². The van der Waals surface area contributed by atoms with Gasteiger partial charge in [0.1, 0.15) is 0 Å². The van der Waals surface area contributed by atoms with E-state index in [0.717, 1.165) is 12.8 Å². The summed E-state index contributed by atoms with van der Waals surface area (Å²) in [6.45, 7) is 12.3. The molecule has 0 aromatic carbocycles. The average Bonchev–Trinajstić information content (AvgIpc) is 2.76. The van der Waals surface area contributed by atoms with Crippen LogP contribution in [0.5, 0.6) is 0 Å². The highest BCUT2D eigenvalue weighted by Crippen LogP contribution is 2.49. The van der Waals surface area contributed by atoms with Gasteiger partial charge in [-0.1, -0.05) is 37.5 Å². The molecule has 110 valence electrons. The van der Waals surface area contributed by atoms with Gasteiger partial charge in [0.2, 0.25) is 0 Å². The first-order valence-corrected chi connectivity index (χ1v) is 8.13. The van der Waals surface area contributed by atoms with E-state index in [2.05, 4.69) is 37.6 Å². The third-order valence-corrected chi connectivity index (χ3v) is 4.55. The van der Waals surface area contributed by atoms with Crippen LogP contribution in [0.3, 0.4) is 0 Å². The molecular formula is C19H29N. The predicted molar refractivity (Wildman–Crippen MR) is 88.2 cm³/mol. The topological polar surface area (TPSA) is 15.8 Å². The molecule has 0 bridgehead atoms. The average molecular weight is 271 g/mol. The number of fused-ring (bicyclic) bond motifs is 2. The van der Waals surface area contributed by atoms with Gasteiger partial charge in [-0.3, -0.25) is 0 Å². The van der Waals surface area contributed by atoms with Gasteiger partial charge in [-0.05, 0) is 57.6 Å². The Hall–Kier alpha value is -1.24. The maximum Gasteiger partial charge on any atom is 0.0289 e. The standard InChI is InChI=1S/C17H23N.C2H6/c1-12(2)5-6-14-10-15-9-13(3)18-16(15)17(11-14)7-4-8-17;1-2/h9,11,18H,1,4-8,10H2,2-3H3;1-2H3. The number of rotatable bonds is 3. The van der Waals surface area contributed by atoms with Gasteiger partial charge in [-0.2, -0.15) is 0 Å². The largest absolute Gasteiger partial charge is 0.362 e. The first-order chi connectivity index (χ1) is 9.59. The highest BCUT2D eigenvalue weighted by atomic mass is 14.8. The van der Waals surface area contributed by atoms with Gasteiger partial charge in [-0.15, -0.1) is 6.58 Å². The van der Waals surface area contributed by atoms with E-state index in [1.165, 1.54) is 42.6 Å². The summed E-state index contributed by atoms with van der Waals surface area (Å²) in [4.78, 5) is 3.61. The van der Waals surface area contributed by atoms with E-state index in [1.807, 2.05) is 13.8 Å². The second-order valence-corrected chi connectivity index (χ2v) is 6.30. The number of hydrogen-bond donors (Lipinski definition) is 1. The molecule has 20 heavy (non-hydrogen) atoms. The summed E-state index contributed by atoms with van der Waals surface area (Å²) in [7, 11) is 0. The Morgan fingerprint density at radius 2 is 2.05 bits per heavy atom. The van der Waals surface area contributed by atoms with Crippen molar-refractivity contribution in [2.24, 2.45) is 0 Å². The minimum absolute atomic E-state index is 0.367. The zero-order chi connectivity index (χ0) is 14.8. The maximum atomic E-state index is 4.03. The van der Waals surface area contributed by atoms with Gasteiger partial charge in [0.25, 0.3) is 0 Å². The SMILES string of the molecule is C=C(C)CCC1=CC2(CCC2)c2[nH]c(C)cc2C1.CC. The van der Waals surface area contributed by atoms with Crippen molar-refractivity contribution in [3.05, 3.63) is 46.8 Å². The molecule has 0 aliphatic heterocycles. The van der Waals surface area contributed by atoms with Crippen LogP contribution in [0.4, 0.5) is 0 Å². The van der Waals surface area contributed by atoms with Crippen molar-refractivity contribution in [1.29, 1.82) is 0 Å². The second-order valence-electron chi connectivity index (χ2n) is 6.30. The van der Waals surface area contributed by atoms with Crippen LogP contribution in [-0.4, -0.2) is 4.98 Å². The highest BCUT2D eigenvalue weighted by molar-refractivity contribution is 5.45. The van der Waals surface area contributed by atoms with Gasteiger partial charge in [0.15, 0.2) is 0 Å². The zero-order valence-electron chi connectivity index (χ0n) is 13.6. The molecule has 1 nitrogen and oxygen atoms in total. The lowest BCUT2D eigenvalue weighted by Gasteiger charge is -2.43. The van der Waals surface area contributed by atoms with Crippen molar-refractivity contribution < 1.29 is 0 Å². The third-order valence-electron chi connectivity index (χ3n) is 4.55. The molecule has 1 fully saturated rings. The quantitative estimate of drug-likeness (QED) is 0.688. The minimum Gasteiger partial charge on any atom is -0.362 e. The monoisotopic (exact) mass is 271 g/mol. The molecule has 1 aromatic heterocycles. The second kappa shape index (κ2) is 6.03. The molecule has 0 saturated heterocycles. The molecule has 0 amide bonds. The van der Waals surface area contributed by atoms with E-state index in [0.29, 0.717) is 5.41 Å². The molecular weight excluding hydrogens is 242 g/mol. The fraction of sp³-hybridized carbons (Fsp3) is 0.579. The van der Waals surface area contributed by atoms with E-state index in [4.69, 9.17) is 0 Å². The summed E-state index contributed by atoms with van der Waals surface area (Å²) in [5.41, 5.74) is 7.68. The van der Waals surface area contributed by atoms with Crippen LogP contribution in [0.2, 0.25) is 0 Å². The molecule has 0 unspecified atom stereocenters. The van der Waals surface area contributed by atoms with Crippen molar-refractivity contribution in [2.75, 3.05) is 0 Å². The molecule has 0 radical (unpaired) electrons.